The van der Waals surface area contributed by atoms with Gasteiger partial charge in [-0.1, -0.05) is 20.8 Å². The third-order valence-electron chi connectivity index (χ3n) is 5.12. The van der Waals surface area contributed by atoms with Crippen LogP contribution in [0.2, 0.25) is 0 Å². The fourth-order valence-electron chi connectivity index (χ4n) is 3.53. The van der Waals surface area contributed by atoms with Gasteiger partial charge in [0.2, 0.25) is 5.91 Å². The molecular weight excluding hydrogens is 416 g/mol. The lowest BCUT2D eigenvalue weighted by atomic mass is 9.93. The summed E-state index contributed by atoms with van der Waals surface area (Å²) in [6.45, 7) is 12.5. The Morgan fingerprint density at radius 3 is 2.31 bits per heavy atom. The largest absolute Gasteiger partial charge is 0.383 e. The van der Waals surface area contributed by atoms with Crippen molar-refractivity contribution < 1.29 is 17.9 Å². The normalized spacial score (nSPS) is 16.3. The topological polar surface area (TPSA) is 114 Å². The van der Waals surface area contributed by atoms with Gasteiger partial charge in [0.05, 0.1) is 23.7 Å². The molecule has 8 nitrogen and oxygen atoms in total. The van der Waals surface area contributed by atoms with E-state index in [-0.39, 0.29) is 24.4 Å². The Balaban J connectivity index is 0.00000420. The molecule has 1 aliphatic rings. The molecular formula is C19H33ClN4O4S. The van der Waals surface area contributed by atoms with Crippen molar-refractivity contribution in [3.63, 3.8) is 0 Å². The number of halogens is 1. The third kappa shape index (κ3) is 5.53. The molecule has 1 aromatic carbocycles. The molecule has 1 aromatic rings. The molecule has 0 bridgehead atoms. The fourth-order valence-corrected chi connectivity index (χ4v) is 4.12. The number of hydrogen-bond donors (Lipinski definition) is 3. The molecule has 0 spiro atoms. The van der Waals surface area contributed by atoms with Crippen LogP contribution in [-0.4, -0.2) is 40.6 Å². The summed E-state index contributed by atoms with van der Waals surface area (Å²) in [6.07, 6.45) is 0.739. The van der Waals surface area contributed by atoms with Crippen LogP contribution >= 0.6 is 12.4 Å². The van der Waals surface area contributed by atoms with Crippen LogP contribution in [0.15, 0.2) is 0 Å². The molecule has 10 heteroatoms. The van der Waals surface area contributed by atoms with Crippen LogP contribution in [0.1, 0.15) is 44.4 Å². The van der Waals surface area contributed by atoms with E-state index in [0.717, 1.165) is 23.2 Å². The zero-order valence-corrected chi connectivity index (χ0v) is 19.8. The van der Waals surface area contributed by atoms with E-state index in [1.54, 1.807) is 14.0 Å². The van der Waals surface area contributed by atoms with Crippen molar-refractivity contribution >= 4 is 45.6 Å². The zero-order valence-electron chi connectivity index (χ0n) is 18.2. The highest BCUT2D eigenvalue weighted by Gasteiger charge is 2.34. The van der Waals surface area contributed by atoms with E-state index in [1.807, 2.05) is 27.7 Å². The van der Waals surface area contributed by atoms with E-state index in [9.17, 15) is 13.2 Å². The number of amides is 1. The predicted octanol–water partition coefficient (Wildman–Crippen LogP) is 2.72. The van der Waals surface area contributed by atoms with Gasteiger partial charge in [0.1, 0.15) is 0 Å². The number of fused-ring (bicyclic) bond motifs is 1. The number of hydrogen-bond acceptors (Lipinski definition) is 5. The molecule has 4 N–H and O–H groups in total. The number of rotatable bonds is 6. The molecule has 1 unspecified atom stereocenters. The molecule has 0 aromatic heterocycles. The fraction of sp³-hybridized carbons (Fsp3) is 0.632. The Morgan fingerprint density at radius 1 is 1.24 bits per heavy atom. The number of benzene rings is 1. The van der Waals surface area contributed by atoms with E-state index in [2.05, 4.69) is 21.9 Å². The SMILES string of the molecule is COCCN1c2c(c(C)c(NS(N)(=O)=O)c(C)c2NC(=O)C(C)(C)C)CC1C.Cl. The molecule has 166 valence electrons. The number of nitrogens with two attached hydrogens (primary N) is 1. The highest BCUT2D eigenvalue weighted by Crippen LogP contribution is 2.46. The summed E-state index contributed by atoms with van der Waals surface area (Å²) >= 11 is 0. The van der Waals surface area contributed by atoms with Gasteiger partial charge in [-0.3, -0.25) is 9.52 Å². The highest BCUT2D eigenvalue weighted by atomic mass is 35.5. The van der Waals surface area contributed by atoms with Gasteiger partial charge >= 0.3 is 0 Å². The number of ether oxygens (including phenoxy) is 1. The minimum atomic E-state index is -3.95. The van der Waals surface area contributed by atoms with Crippen LogP contribution in [0.25, 0.3) is 0 Å². The van der Waals surface area contributed by atoms with E-state index in [4.69, 9.17) is 9.88 Å². The number of methoxy groups -OCH3 is 1. The Bertz CT molecular complexity index is 881. The average molecular weight is 449 g/mol. The van der Waals surface area contributed by atoms with E-state index in [1.165, 1.54) is 0 Å². The van der Waals surface area contributed by atoms with Crippen molar-refractivity contribution in [1.82, 2.24) is 0 Å². The monoisotopic (exact) mass is 448 g/mol. The van der Waals surface area contributed by atoms with Gasteiger partial charge in [0.15, 0.2) is 0 Å². The highest BCUT2D eigenvalue weighted by molar-refractivity contribution is 7.90. The van der Waals surface area contributed by atoms with Gasteiger partial charge in [0, 0.05) is 25.1 Å². The maximum atomic E-state index is 12.8. The number of nitrogens with zero attached hydrogens (tertiary/aromatic N) is 1. The Hall–Kier alpha value is -1.55. The van der Waals surface area contributed by atoms with Crippen molar-refractivity contribution in [2.45, 2.75) is 54.0 Å². The summed E-state index contributed by atoms with van der Waals surface area (Å²) in [6, 6.07) is 0.193. The molecule has 1 aliphatic heterocycles. The van der Waals surface area contributed by atoms with E-state index < -0.39 is 15.6 Å². The summed E-state index contributed by atoms with van der Waals surface area (Å²) in [5, 5.41) is 8.27. The zero-order chi connectivity index (χ0) is 21.4. The second-order valence-electron chi connectivity index (χ2n) is 8.42. The minimum absolute atomic E-state index is 0. The van der Waals surface area contributed by atoms with Crippen LogP contribution in [0.5, 0.6) is 0 Å². The average Bonchev–Trinajstić information content (AvgIpc) is 2.88. The first kappa shape index (κ1) is 25.5. The summed E-state index contributed by atoms with van der Waals surface area (Å²) in [7, 11) is -2.30. The van der Waals surface area contributed by atoms with Gasteiger partial charge in [0.25, 0.3) is 10.2 Å². The van der Waals surface area contributed by atoms with Gasteiger partial charge in [-0.05, 0) is 43.9 Å². The summed E-state index contributed by atoms with van der Waals surface area (Å²) in [4.78, 5) is 15.0. The Kier molecular flexibility index (Phi) is 7.98. The van der Waals surface area contributed by atoms with Crippen LogP contribution in [-0.2, 0) is 26.2 Å². The first-order valence-corrected chi connectivity index (χ1v) is 10.9. The molecule has 0 fully saturated rings. The van der Waals surface area contributed by atoms with Crippen LogP contribution in [0.4, 0.5) is 17.1 Å². The number of carbonyl (C=O) groups is 1. The lowest BCUT2D eigenvalue weighted by Crippen LogP contribution is -2.34. The van der Waals surface area contributed by atoms with Gasteiger partial charge in [-0.2, -0.15) is 8.42 Å². The van der Waals surface area contributed by atoms with Gasteiger partial charge in [-0.25, -0.2) is 5.14 Å². The molecule has 1 atom stereocenters. The Morgan fingerprint density at radius 2 is 1.83 bits per heavy atom. The first-order chi connectivity index (χ1) is 12.8. The molecule has 0 saturated carbocycles. The molecule has 0 saturated heterocycles. The lowest BCUT2D eigenvalue weighted by Gasteiger charge is -2.30. The molecule has 0 radical (unpaired) electrons. The van der Waals surface area contributed by atoms with Crippen molar-refractivity contribution in [1.29, 1.82) is 0 Å². The van der Waals surface area contributed by atoms with Gasteiger partial charge < -0.3 is 15.0 Å². The predicted molar refractivity (Wildman–Crippen MR) is 120 cm³/mol. The van der Waals surface area contributed by atoms with Crippen molar-refractivity contribution in [2.75, 3.05) is 35.2 Å². The van der Waals surface area contributed by atoms with Crippen molar-refractivity contribution in [3.05, 3.63) is 16.7 Å². The second kappa shape index (κ2) is 9.07. The maximum Gasteiger partial charge on any atom is 0.296 e. The third-order valence-corrected chi connectivity index (χ3v) is 5.61. The standard InChI is InChI=1S/C19H32N4O4S.ClH/c1-11-10-14-12(2)15(22-28(20,25)26)13(3)16(21-18(24)19(4,5)6)17(14)23(11)8-9-27-7;/h11,22H,8-10H2,1-7H3,(H,21,24)(H2,20,25,26);1H. The quantitative estimate of drug-likeness (QED) is 0.619. The molecule has 1 amide bonds. The molecule has 2 rings (SSSR count). The number of anilines is 3. The maximum absolute atomic E-state index is 12.8. The lowest BCUT2D eigenvalue weighted by molar-refractivity contribution is -0.123. The van der Waals surface area contributed by atoms with Crippen LogP contribution < -0.4 is 20.1 Å². The minimum Gasteiger partial charge on any atom is -0.383 e. The molecule has 1 heterocycles. The van der Waals surface area contributed by atoms with E-state index in [0.29, 0.717) is 30.1 Å². The van der Waals surface area contributed by atoms with Crippen LogP contribution in [0.3, 0.4) is 0 Å². The van der Waals surface area contributed by atoms with Crippen molar-refractivity contribution in [3.8, 4) is 0 Å². The summed E-state index contributed by atoms with van der Waals surface area (Å²) < 4.78 is 31.1. The van der Waals surface area contributed by atoms with Crippen molar-refractivity contribution in [2.24, 2.45) is 10.6 Å². The second-order valence-corrected chi connectivity index (χ2v) is 9.71. The first-order valence-electron chi connectivity index (χ1n) is 9.31. The number of carbonyl (C=O) groups excluding carboxylic acids is 1. The smallest absolute Gasteiger partial charge is 0.296 e. The van der Waals surface area contributed by atoms with Gasteiger partial charge in [-0.15, -0.1) is 12.4 Å². The summed E-state index contributed by atoms with van der Waals surface area (Å²) in [5.41, 5.74) is 3.83. The van der Waals surface area contributed by atoms with Crippen LogP contribution in [0, 0.1) is 19.3 Å². The van der Waals surface area contributed by atoms with E-state index >= 15 is 0 Å². The number of nitrogens with one attached hydrogen (secondary N) is 2. The molecule has 29 heavy (non-hydrogen) atoms. The molecule has 0 aliphatic carbocycles. The Labute approximate surface area is 180 Å². The summed E-state index contributed by atoms with van der Waals surface area (Å²) in [5.74, 6) is -0.144.